The van der Waals surface area contributed by atoms with Crippen molar-refractivity contribution in [1.29, 1.82) is 0 Å². The van der Waals surface area contributed by atoms with Crippen LogP contribution in [-0.2, 0) is 6.54 Å². The Kier molecular flexibility index (Phi) is 5.51. The van der Waals surface area contributed by atoms with Crippen molar-refractivity contribution in [3.63, 3.8) is 0 Å². The highest BCUT2D eigenvalue weighted by atomic mass is 32.1. The number of aliphatic imine (C=N–C) groups is 1. The third-order valence-electron chi connectivity index (χ3n) is 3.95. The fourth-order valence-corrected chi connectivity index (χ4v) is 4.12. The van der Waals surface area contributed by atoms with Crippen molar-refractivity contribution in [2.45, 2.75) is 20.4 Å². The van der Waals surface area contributed by atoms with E-state index < -0.39 is 0 Å². The lowest BCUT2D eigenvalue weighted by molar-refractivity contribution is 0.373. The highest BCUT2D eigenvalue weighted by molar-refractivity contribution is 7.14. The maximum atomic E-state index is 4.81. The molecule has 2 aromatic heterocycles. The zero-order valence-corrected chi connectivity index (χ0v) is 15.3. The van der Waals surface area contributed by atoms with Crippen molar-refractivity contribution in [1.82, 2.24) is 15.2 Å². The van der Waals surface area contributed by atoms with E-state index in [4.69, 9.17) is 4.99 Å². The quantitative estimate of drug-likeness (QED) is 0.681. The molecule has 1 N–H and O–H groups in total. The molecular formula is C16H23N5S2. The lowest BCUT2D eigenvalue weighted by atomic mass is 10.3. The molecule has 7 heteroatoms. The normalized spacial score (nSPS) is 16.0. The van der Waals surface area contributed by atoms with E-state index in [0.29, 0.717) is 6.54 Å². The molecule has 124 valence electrons. The van der Waals surface area contributed by atoms with Crippen LogP contribution in [0.4, 0.5) is 5.00 Å². The summed E-state index contributed by atoms with van der Waals surface area (Å²) in [5.41, 5.74) is 2.99. The van der Waals surface area contributed by atoms with Gasteiger partial charge in [0.15, 0.2) is 5.96 Å². The van der Waals surface area contributed by atoms with Crippen LogP contribution in [-0.4, -0.2) is 48.6 Å². The average Bonchev–Trinajstić information content (AvgIpc) is 3.24. The number of anilines is 1. The molecule has 0 radical (unpaired) electrons. The van der Waals surface area contributed by atoms with Crippen LogP contribution in [0.25, 0.3) is 0 Å². The first kappa shape index (κ1) is 16.3. The molecule has 1 fully saturated rings. The number of thiophene rings is 1. The second-order valence-corrected chi connectivity index (χ2v) is 7.32. The van der Waals surface area contributed by atoms with Crippen LogP contribution >= 0.6 is 22.7 Å². The molecule has 0 bridgehead atoms. The number of aromatic nitrogens is 1. The largest absolute Gasteiger partial charge is 0.360 e. The molecule has 0 aliphatic carbocycles. The molecule has 1 aliphatic rings. The average molecular weight is 350 g/mol. The van der Waals surface area contributed by atoms with Crippen LogP contribution < -0.4 is 10.2 Å². The Morgan fingerprint density at radius 1 is 1.30 bits per heavy atom. The van der Waals surface area contributed by atoms with E-state index in [-0.39, 0.29) is 0 Å². The molecule has 0 saturated carbocycles. The summed E-state index contributed by atoms with van der Waals surface area (Å²) in [6.07, 6.45) is 0. The third-order valence-corrected chi connectivity index (χ3v) is 5.80. The molecule has 5 nitrogen and oxygen atoms in total. The van der Waals surface area contributed by atoms with Gasteiger partial charge in [0.05, 0.1) is 22.8 Å². The lowest BCUT2D eigenvalue weighted by Gasteiger charge is -2.37. The minimum Gasteiger partial charge on any atom is -0.360 e. The Bertz CT molecular complexity index is 627. The van der Waals surface area contributed by atoms with Gasteiger partial charge < -0.3 is 15.1 Å². The standard InChI is InChI=1S/C16H23N5S2/c1-3-17-16(18-11-14-13(2)19-12-23-14)21-8-6-20(7-9-21)15-5-4-10-22-15/h4-5,10,12H,3,6-9,11H2,1-2H3,(H,17,18). The molecule has 1 saturated heterocycles. The first-order valence-corrected chi connectivity index (χ1v) is 9.74. The Morgan fingerprint density at radius 3 is 2.74 bits per heavy atom. The molecule has 0 atom stereocenters. The molecule has 0 aromatic carbocycles. The van der Waals surface area contributed by atoms with Gasteiger partial charge in [-0.2, -0.15) is 0 Å². The van der Waals surface area contributed by atoms with Crippen LogP contribution in [0.2, 0.25) is 0 Å². The minimum atomic E-state index is 0.712. The van der Waals surface area contributed by atoms with E-state index in [2.05, 4.69) is 44.5 Å². The number of thiazole rings is 1. The number of hydrogen-bond donors (Lipinski definition) is 1. The molecule has 2 aromatic rings. The van der Waals surface area contributed by atoms with E-state index in [9.17, 15) is 0 Å². The first-order valence-electron chi connectivity index (χ1n) is 7.98. The second kappa shape index (κ2) is 7.79. The SMILES string of the molecule is CCNC(=NCc1scnc1C)N1CCN(c2cccs2)CC1. The van der Waals surface area contributed by atoms with Crippen LogP contribution in [0.5, 0.6) is 0 Å². The van der Waals surface area contributed by atoms with Crippen molar-refractivity contribution in [2.75, 3.05) is 37.6 Å². The maximum Gasteiger partial charge on any atom is 0.194 e. The van der Waals surface area contributed by atoms with Crippen molar-refractivity contribution < 1.29 is 0 Å². The fourth-order valence-electron chi connectivity index (χ4n) is 2.64. The van der Waals surface area contributed by atoms with Gasteiger partial charge in [-0.15, -0.1) is 22.7 Å². The number of guanidine groups is 1. The second-order valence-electron chi connectivity index (χ2n) is 5.46. The lowest BCUT2D eigenvalue weighted by Crippen LogP contribution is -2.52. The van der Waals surface area contributed by atoms with Crippen LogP contribution in [0.1, 0.15) is 17.5 Å². The van der Waals surface area contributed by atoms with Crippen molar-refractivity contribution >= 4 is 33.6 Å². The predicted octanol–water partition coefficient (Wildman–Crippen LogP) is 2.80. The smallest absolute Gasteiger partial charge is 0.194 e. The van der Waals surface area contributed by atoms with Gasteiger partial charge in [0.1, 0.15) is 0 Å². The van der Waals surface area contributed by atoms with E-state index in [0.717, 1.165) is 44.4 Å². The summed E-state index contributed by atoms with van der Waals surface area (Å²) in [7, 11) is 0. The summed E-state index contributed by atoms with van der Waals surface area (Å²) in [5, 5.41) is 6.94. The number of piperazine rings is 1. The molecular weight excluding hydrogens is 326 g/mol. The number of nitrogens with zero attached hydrogens (tertiary/aromatic N) is 4. The van der Waals surface area contributed by atoms with Gasteiger partial charge in [0.25, 0.3) is 0 Å². The molecule has 0 unspecified atom stereocenters. The molecule has 0 spiro atoms. The summed E-state index contributed by atoms with van der Waals surface area (Å²) < 4.78 is 0. The molecule has 1 aliphatic heterocycles. The molecule has 3 rings (SSSR count). The van der Waals surface area contributed by atoms with E-state index >= 15 is 0 Å². The Labute approximate surface area is 145 Å². The zero-order valence-electron chi connectivity index (χ0n) is 13.7. The first-order chi connectivity index (χ1) is 11.3. The van der Waals surface area contributed by atoms with Crippen molar-refractivity contribution in [3.8, 4) is 0 Å². The van der Waals surface area contributed by atoms with Crippen LogP contribution in [0.15, 0.2) is 28.0 Å². The van der Waals surface area contributed by atoms with Gasteiger partial charge >= 0.3 is 0 Å². The van der Waals surface area contributed by atoms with Crippen LogP contribution in [0, 0.1) is 6.92 Å². The third kappa shape index (κ3) is 4.03. The number of nitrogens with one attached hydrogen (secondary N) is 1. The highest BCUT2D eigenvalue weighted by Crippen LogP contribution is 2.22. The molecule has 23 heavy (non-hydrogen) atoms. The van der Waals surface area contributed by atoms with Gasteiger partial charge in [0.2, 0.25) is 0 Å². The monoisotopic (exact) mass is 349 g/mol. The summed E-state index contributed by atoms with van der Waals surface area (Å²) in [6, 6.07) is 4.32. The Morgan fingerprint density at radius 2 is 2.13 bits per heavy atom. The number of rotatable bonds is 4. The maximum absolute atomic E-state index is 4.81. The van der Waals surface area contributed by atoms with E-state index in [1.807, 2.05) is 23.8 Å². The summed E-state index contributed by atoms with van der Waals surface area (Å²) >= 11 is 3.50. The minimum absolute atomic E-state index is 0.712. The van der Waals surface area contributed by atoms with Gasteiger partial charge in [-0.05, 0) is 31.4 Å². The van der Waals surface area contributed by atoms with Crippen molar-refractivity contribution in [2.24, 2.45) is 4.99 Å². The number of aryl methyl sites for hydroxylation is 1. The Balaban J connectivity index is 1.62. The van der Waals surface area contributed by atoms with Gasteiger partial charge in [0, 0.05) is 37.6 Å². The van der Waals surface area contributed by atoms with Gasteiger partial charge in [-0.3, -0.25) is 0 Å². The summed E-state index contributed by atoms with van der Waals surface area (Å²) in [5.74, 6) is 1.02. The van der Waals surface area contributed by atoms with Gasteiger partial charge in [-0.1, -0.05) is 0 Å². The molecule has 0 amide bonds. The van der Waals surface area contributed by atoms with E-state index in [1.54, 1.807) is 11.3 Å². The summed E-state index contributed by atoms with van der Waals surface area (Å²) in [6.45, 7) is 9.88. The summed E-state index contributed by atoms with van der Waals surface area (Å²) in [4.78, 5) is 15.2. The fraction of sp³-hybridized carbons (Fsp3) is 0.500. The van der Waals surface area contributed by atoms with E-state index in [1.165, 1.54) is 9.88 Å². The van der Waals surface area contributed by atoms with Crippen molar-refractivity contribution in [3.05, 3.63) is 33.6 Å². The molecule has 3 heterocycles. The number of hydrogen-bond acceptors (Lipinski definition) is 5. The van der Waals surface area contributed by atoms with Crippen LogP contribution in [0.3, 0.4) is 0 Å². The van der Waals surface area contributed by atoms with Gasteiger partial charge in [-0.25, -0.2) is 9.98 Å². The topological polar surface area (TPSA) is 43.8 Å². The predicted molar refractivity (Wildman–Crippen MR) is 99.8 cm³/mol. The zero-order chi connectivity index (χ0) is 16.1. The highest BCUT2D eigenvalue weighted by Gasteiger charge is 2.20. The Hall–Kier alpha value is -1.60.